The van der Waals surface area contributed by atoms with Crippen LogP contribution in [-0.4, -0.2) is 31.4 Å². The van der Waals surface area contributed by atoms with Gasteiger partial charge in [-0.1, -0.05) is 32.4 Å². The predicted octanol–water partition coefficient (Wildman–Crippen LogP) is 3.85. The molecule has 0 saturated carbocycles. The molecule has 1 aromatic carbocycles. The number of ether oxygens (including phenoxy) is 3. The van der Waals surface area contributed by atoms with Gasteiger partial charge >= 0.3 is 12.1 Å². The molecule has 0 saturated heterocycles. The Balaban J connectivity index is 2.82. The summed E-state index contributed by atoms with van der Waals surface area (Å²) in [5.74, 6) is 0.611. The van der Waals surface area contributed by atoms with Gasteiger partial charge in [0.25, 0.3) is 0 Å². The fraction of sp³-hybridized carbons (Fsp3) is 0.579. The first kappa shape index (κ1) is 20.8. The zero-order chi connectivity index (χ0) is 19.0. The summed E-state index contributed by atoms with van der Waals surface area (Å²) in [5.41, 5.74) is -0.0630. The molecule has 1 amide bonds. The number of hydrogen-bond donors (Lipinski definition) is 1. The first-order chi connectivity index (χ1) is 11.7. The van der Waals surface area contributed by atoms with E-state index in [1.54, 1.807) is 45.0 Å². The van der Waals surface area contributed by atoms with Gasteiger partial charge in [-0.25, -0.2) is 9.59 Å². The Morgan fingerprint density at radius 1 is 1.16 bits per heavy atom. The second-order valence-corrected chi connectivity index (χ2v) is 7.00. The average Bonchev–Trinajstić information content (AvgIpc) is 2.55. The lowest BCUT2D eigenvalue weighted by Gasteiger charge is -2.23. The lowest BCUT2D eigenvalue weighted by atomic mass is 10.1. The van der Waals surface area contributed by atoms with Crippen LogP contribution in [0.5, 0.6) is 5.75 Å². The molecule has 0 aliphatic rings. The zero-order valence-corrected chi connectivity index (χ0v) is 15.9. The highest BCUT2D eigenvalue weighted by atomic mass is 16.6. The number of rotatable bonds is 7. The summed E-state index contributed by atoms with van der Waals surface area (Å²) in [5, 5.41) is 2.54. The molecule has 0 bridgehead atoms. The predicted molar refractivity (Wildman–Crippen MR) is 95.5 cm³/mol. The van der Waals surface area contributed by atoms with Crippen molar-refractivity contribution in [2.75, 3.05) is 13.7 Å². The van der Waals surface area contributed by atoms with Crippen LogP contribution < -0.4 is 10.1 Å². The van der Waals surface area contributed by atoms with Crippen molar-refractivity contribution in [3.63, 3.8) is 0 Å². The molecule has 6 heteroatoms. The van der Waals surface area contributed by atoms with Gasteiger partial charge in [0, 0.05) is 0 Å². The van der Waals surface area contributed by atoms with Gasteiger partial charge in [-0.05, 0) is 44.4 Å². The van der Waals surface area contributed by atoms with Crippen molar-refractivity contribution in [2.24, 2.45) is 5.92 Å². The lowest BCUT2D eigenvalue weighted by Crippen LogP contribution is -2.38. The quantitative estimate of drug-likeness (QED) is 0.755. The second-order valence-electron chi connectivity index (χ2n) is 7.00. The summed E-state index contributed by atoms with van der Waals surface area (Å²) in [6.45, 7) is 10.1. The SMILES string of the molecule is CC[C@H](C)COc1ccc(C(NC(=O)OC(C)(C)C)C(=O)OC)cc1. The molecule has 0 spiro atoms. The molecule has 1 rings (SSSR count). The van der Waals surface area contributed by atoms with E-state index in [4.69, 9.17) is 14.2 Å². The minimum absolute atomic E-state index is 0.469. The van der Waals surface area contributed by atoms with Gasteiger partial charge < -0.3 is 19.5 Å². The standard InChI is InChI=1S/C19H29NO5/c1-7-13(2)12-24-15-10-8-14(9-11-15)16(17(21)23-6)20-18(22)25-19(3,4)5/h8-11,13,16H,7,12H2,1-6H3,(H,20,22)/t13-,16?/m0/s1. The molecular formula is C19H29NO5. The third kappa shape index (κ3) is 7.45. The number of esters is 1. The van der Waals surface area contributed by atoms with Crippen LogP contribution in [0.4, 0.5) is 4.79 Å². The average molecular weight is 351 g/mol. The Bertz CT molecular complexity index is 562. The normalized spacial score (nSPS) is 13.5. The van der Waals surface area contributed by atoms with E-state index >= 15 is 0 Å². The maximum absolute atomic E-state index is 12.0. The van der Waals surface area contributed by atoms with Gasteiger partial charge in [0.1, 0.15) is 11.4 Å². The van der Waals surface area contributed by atoms with Crippen LogP contribution in [0.1, 0.15) is 52.6 Å². The summed E-state index contributed by atoms with van der Waals surface area (Å²) in [6.07, 6.45) is 0.363. The van der Waals surface area contributed by atoms with Gasteiger partial charge in [-0.3, -0.25) is 0 Å². The monoisotopic (exact) mass is 351 g/mol. The van der Waals surface area contributed by atoms with Gasteiger partial charge in [-0.2, -0.15) is 0 Å². The Labute approximate surface area is 149 Å². The highest BCUT2D eigenvalue weighted by molar-refractivity contribution is 5.82. The largest absolute Gasteiger partial charge is 0.493 e. The smallest absolute Gasteiger partial charge is 0.408 e. The molecule has 1 unspecified atom stereocenters. The van der Waals surface area contributed by atoms with E-state index in [1.807, 2.05) is 0 Å². The van der Waals surface area contributed by atoms with Crippen molar-refractivity contribution < 1.29 is 23.8 Å². The minimum Gasteiger partial charge on any atom is -0.493 e. The van der Waals surface area contributed by atoms with Crippen LogP contribution in [0.2, 0.25) is 0 Å². The first-order valence-corrected chi connectivity index (χ1v) is 8.46. The van der Waals surface area contributed by atoms with E-state index in [1.165, 1.54) is 7.11 Å². The molecule has 0 aromatic heterocycles. The number of methoxy groups -OCH3 is 1. The molecular weight excluding hydrogens is 322 g/mol. The fourth-order valence-electron chi connectivity index (χ4n) is 1.93. The Kier molecular flexibility index (Phi) is 7.74. The molecule has 0 fully saturated rings. The van der Waals surface area contributed by atoms with E-state index in [9.17, 15) is 9.59 Å². The topological polar surface area (TPSA) is 73.9 Å². The molecule has 25 heavy (non-hydrogen) atoms. The number of hydrogen-bond acceptors (Lipinski definition) is 5. The van der Waals surface area contributed by atoms with Crippen LogP contribution >= 0.6 is 0 Å². The number of carbonyl (C=O) groups is 2. The fourth-order valence-corrected chi connectivity index (χ4v) is 1.93. The van der Waals surface area contributed by atoms with Crippen molar-refractivity contribution >= 4 is 12.1 Å². The summed E-state index contributed by atoms with van der Waals surface area (Å²) in [6, 6.07) is 6.05. The third-order valence-corrected chi connectivity index (χ3v) is 3.54. The molecule has 1 aromatic rings. The zero-order valence-electron chi connectivity index (χ0n) is 15.9. The Hall–Kier alpha value is -2.24. The highest BCUT2D eigenvalue weighted by Crippen LogP contribution is 2.20. The lowest BCUT2D eigenvalue weighted by molar-refractivity contribution is -0.143. The van der Waals surface area contributed by atoms with E-state index in [-0.39, 0.29) is 0 Å². The van der Waals surface area contributed by atoms with Crippen molar-refractivity contribution in [2.45, 2.75) is 52.7 Å². The van der Waals surface area contributed by atoms with Gasteiger partial charge in [0.15, 0.2) is 6.04 Å². The van der Waals surface area contributed by atoms with Crippen LogP contribution in [0.3, 0.4) is 0 Å². The number of nitrogens with one attached hydrogen (secondary N) is 1. The second kappa shape index (κ2) is 9.30. The van der Waals surface area contributed by atoms with E-state index in [0.29, 0.717) is 23.8 Å². The van der Waals surface area contributed by atoms with Crippen molar-refractivity contribution in [3.05, 3.63) is 29.8 Å². The molecule has 1 N–H and O–H groups in total. The minimum atomic E-state index is -0.941. The van der Waals surface area contributed by atoms with Crippen molar-refractivity contribution in [1.82, 2.24) is 5.32 Å². The maximum atomic E-state index is 12.0. The molecule has 0 aliphatic carbocycles. The van der Waals surface area contributed by atoms with Crippen molar-refractivity contribution in [3.8, 4) is 5.75 Å². The molecule has 140 valence electrons. The summed E-state index contributed by atoms with van der Waals surface area (Å²) in [7, 11) is 1.27. The number of alkyl carbamates (subject to hydrolysis) is 1. The maximum Gasteiger partial charge on any atom is 0.408 e. The summed E-state index contributed by atoms with van der Waals surface area (Å²) >= 11 is 0. The van der Waals surface area contributed by atoms with Crippen LogP contribution in [0.25, 0.3) is 0 Å². The van der Waals surface area contributed by atoms with Gasteiger partial charge in [-0.15, -0.1) is 0 Å². The van der Waals surface area contributed by atoms with E-state index in [0.717, 1.165) is 6.42 Å². The molecule has 0 heterocycles. The number of amides is 1. The molecule has 2 atom stereocenters. The van der Waals surface area contributed by atoms with Crippen molar-refractivity contribution in [1.29, 1.82) is 0 Å². The van der Waals surface area contributed by atoms with E-state index in [2.05, 4.69) is 19.2 Å². The van der Waals surface area contributed by atoms with Gasteiger partial charge in [0.05, 0.1) is 13.7 Å². The summed E-state index contributed by atoms with van der Waals surface area (Å²) in [4.78, 5) is 24.0. The number of benzene rings is 1. The van der Waals surface area contributed by atoms with E-state index < -0.39 is 23.7 Å². The Morgan fingerprint density at radius 3 is 2.24 bits per heavy atom. The highest BCUT2D eigenvalue weighted by Gasteiger charge is 2.26. The number of carbonyl (C=O) groups excluding carboxylic acids is 2. The Morgan fingerprint density at radius 2 is 1.76 bits per heavy atom. The third-order valence-electron chi connectivity index (χ3n) is 3.54. The van der Waals surface area contributed by atoms with Crippen LogP contribution in [0, 0.1) is 5.92 Å². The van der Waals surface area contributed by atoms with Crippen LogP contribution in [-0.2, 0) is 14.3 Å². The molecule has 6 nitrogen and oxygen atoms in total. The summed E-state index contributed by atoms with van der Waals surface area (Å²) < 4.78 is 15.7. The molecule has 0 aliphatic heterocycles. The first-order valence-electron chi connectivity index (χ1n) is 8.46. The van der Waals surface area contributed by atoms with Crippen LogP contribution in [0.15, 0.2) is 24.3 Å². The van der Waals surface area contributed by atoms with Gasteiger partial charge in [0.2, 0.25) is 0 Å². The molecule has 0 radical (unpaired) electrons.